The molecule has 0 spiro atoms. The summed E-state index contributed by atoms with van der Waals surface area (Å²) in [5.74, 6) is -0.0867. The molecule has 1 heterocycles. The van der Waals surface area contributed by atoms with E-state index in [1.807, 2.05) is 42.0 Å². The number of carbonyl (C=O) groups is 1. The van der Waals surface area contributed by atoms with Gasteiger partial charge >= 0.3 is 0 Å². The molecule has 9 heteroatoms. The number of nitrogens with zero attached hydrogens (tertiary/aromatic N) is 3. The lowest BCUT2D eigenvalue weighted by Crippen LogP contribution is -2.40. The molecule has 0 radical (unpaired) electrons. The van der Waals surface area contributed by atoms with Crippen molar-refractivity contribution in [2.24, 2.45) is 0 Å². The smallest absolute Gasteiger partial charge is 0.264 e. The van der Waals surface area contributed by atoms with Crippen LogP contribution in [-0.2, 0) is 21.4 Å². The Balaban J connectivity index is 1.54. The summed E-state index contributed by atoms with van der Waals surface area (Å²) < 4.78 is 35.5. The second-order valence-corrected chi connectivity index (χ2v) is 9.77. The topological polar surface area (TPSA) is 93.5 Å². The molecule has 8 nitrogen and oxygen atoms in total. The molecule has 180 valence electrons. The molecule has 1 aromatic heterocycles. The Morgan fingerprint density at radius 2 is 1.74 bits per heavy atom. The Kier molecular flexibility index (Phi) is 7.17. The van der Waals surface area contributed by atoms with Gasteiger partial charge in [0, 0.05) is 24.6 Å². The molecule has 0 bridgehead atoms. The van der Waals surface area contributed by atoms with E-state index in [1.54, 1.807) is 48.9 Å². The van der Waals surface area contributed by atoms with Gasteiger partial charge in [0.25, 0.3) is 10.0 Å². The number of imidazole rings is 1. The molecule has 1 amide bonds. The molecular weight excluding hydrogens is 464 g/mol. The first-order valence-corrected chi connectivity index (χ1v) is 12.4. The van der Waals surface area contributed by atoms with E-state index in [0.29, 0.717) is 5.75 Å². The van der Waals surface area contributed by atoms with Crippen molar-refractivity contribution in [3.05, 3.63) is 103 Å². The van der Waals surface area contributed by atoms with Gasteiger partial charge in [-0.05, 0) is 48.9 Å². The summed E-state index contributed by atoms with van der Waals surface area (Å²) in [5.41, 5.74) is 3.05. The lowest BCUT2D eigenvalue weighted by molar-refractivity contribution is -0.119. The Bertz CT molecular complexity index is 1380. The number of amides is 1. The number of rotatable bonds is 9. The third-order valence-corrected chi connectivity index (χ3v) is 7.25. The summed E-state index contributed by atoms with van der Waals surface area (Å²) >= 11 is 0. The van der Waals surface area contributed by atoms with Crippen molar-refractivity contribution in [2.75, 3.05) is 18.0 Å². The average Bonchev–Trinajstić information content (AvgIpc) is 3.42. The highest BCUT2D eigenvalue weighted by atomic mass is 32.2. The van der Waals surface area contributed by atoms with E-state index in [0.717, 1.165) is 21.1 Å². The number of methoxy groups -OCH3 is 1. The van der Waals surface area contributed by atoms with E-state index in [2.05, 4.69) is 10.3 Å². The normalized spacial score (nSPS) is 11.1. The largest absolute Gasteiger partial charge is 0.495 e. The van der Waals surface area contributed by atoms with Gasteiger partial charge in [0.15, 0.2) is 0 Å². The molecule has 0 saturated carbocycles. The van der Waals surface area contributed by atoms with Crippen LogP contribution >= 0.6 is 0 Å². The third kappa shape index (κ3) is 5.52. The molecule has 0 aliphatic carbocycles. The minimum atomic E-state index is -4.03. The fraction of sp³-hybridized carbons (Fsp3) is 0.154. The highest BCUT2D eigenvalue weighted by molar-refractivity contribution is 7.92. The first-order valence-electron chi connectivity index (χ1n) is 10.9. The molecule has 35 heavy (non-hydrogen) atoms. The van der Waals surface area contributed by atoms with Gasteiger partial charge in [0.05, 0.1) is 24.0 Å². The number of aromatic nitrogens is 2. The summed E-state index contributed by atoms with van der Waals surface area (Å²) in [7, 11) is -2.57. The van der Waals surface area contributed by atoms with Crippen LogP contribution in [0.2, 0.25) is 0 Å². The van der Waals surface area contributed by atoms with Crippen LogP contribution in [0.4, 0.5) is 5.69 Å². The molecule has 0 atom stereocenters. The van der Waals surface area contributed by atoms with Crippen LogP contribution in [0.1, 0.15) is 11.1 Å². The van der Waals surface area contributed by atoms with Crippen LogP contribution in [0.3, 0.4) is 0 Å². The number of benzene rings is 3. The Labute approximate surface area is 204 Å². The van der Waals surface area contributed by atoms with Gasteiger partial charge in [-0.15, -0.1) is 0 Å². The van der Waals surface area contributed by atoms with Crippen LogP contribution in [0.15, 0.2) is 96.4 Å². The maximum Gasteiger partial charge on any atom is 0.264 e. The summed E-state index contributed by atoms with van der Waals surface area (Å²) in [6.07, 6.45) is 5.25. The maximum absolute atomic E-state index is 13.6. The van der Waals surface area contributed by atoms with Gasteiger partial charge in [0.1, 0.15) is 12.3 Å². The van der Waals surface area contributed by atoms with E-state index in [9.17, 15) is 13.2 Å². The van der Waals surface area contributed by atoms with Crippen molar-refractivity contribution in [1.82, 2.24) is 14.9 Å². The zero-order chi connectivity index (χ0) is 24.8. The Morgan fingerprint density at radius 3 is 2.40 bits per heavy atom. The average molecular weight is 491 g/mol. The second-order valence-electron chi connectivity index (χ2n) is 7.91. The van der Waals surface area contributed by atoms with Crippen molar-refractivity contribution in [2.45, 2.75) is 18.4 Å². The summed E-state index contributed by atoms with van der Waals surface area (Å²) in [6, 6.07) is 20.9. The fourth-order valence-corrected chi connectivity index (χ4v) is 4.99. The first kappa shape index (κ1) is 24.0. The number of aryl methyl sites for hydroxylation is 1. The van der Waals surface area contributed by atoms with Gasteiger partial charge in [-0.2, -0.15) is 0 Å². The highest BCUT2D eigenvalue weighted by Crippen LogP contribution is 2.32. The SMILES string of the molecule is COc1ccccc1N(CC(=O)NCc1ccc(-n2ccnc2)cc1)S(=O)(=O)c1ccc(C)cc1. The molecule has 3 aromatic carbocycles. The Morgan fingerprint density at radius 1 is 1.03 bits per heavy atom. The molecular formula is C26H26N4O4S. The number of nitrogens with one attached hydrogen (secondary N) is 1. The summed E-state index contributed by atoms with van der Waals surface area (Å²) in [6.45, 7) is 1.74. The van der Waals surface area contributed by atoms with Gasteiger partial charge in [0.2, 0.25) is 5.91 Å². The molecule has 4 aromatic rings. The lowest BCUT2D eigenvalue weighted by atomic mass is 10.2. The first-order chi connectivity index (χ1) is 16.9. The van der Waals surface area contributed by atoms with Crippen molar-refractivity contribution < 1.29 is 17.9 Å². The van der Waals surface area contributed by atoms with Crippen LogP contribution in [0, 0.1) is 6.92 Å². The summed E-state index contributed by atoms with van der Waals surface area (Å²) in [4.78, 5) is 17.0. The number of carbonyl (C=O) groups excluding carboxylic acids is 1. The second kappa shape index (κ2) is 10.4. The number of para-hydroxylation sites is 2. The summed E-state index contributed by atoms with van der Waals surface area (Å²) in [5, 5.41) is 2.82. The van der Waals surface area contributed by atoms with E-state index >= 15 is 0 Å². The minimum absolute atomic E-state index is 0.0943. The molecule has 0 aliphatic heterocycles. The predicted octanol–water partition coefficient (Wildman–Crippen LogP) is 3.70. The number of hydrogen-bond donors (Lipinski definition) is 1. The van der Waals surface area contributed by atoms with Gasteiger partial charge in [-0.1, -0.05) is 42.0 Å². The molecule has 0 saturated heterocycles. The molecule has 0 unspecified atom stereocenters. The molecule has 1 N–H and O–H groups in total. The van der Waals surface area contributed by atoms with E-state index in [1.165, 1.54) is 19.2 Å². The number of ether oxygens (including phenoxy) is 1. The Hall–Kier alpha value is -4.11. The van der Waals surface area contributed by atoms with Gasteiger partial charge in [-0.3, -0.25) is 9.10 Å². The van der Waals surface area contributed by atoms with Crippen molar-refractivity contribution in [1.29, 1.82) is 0 Å². The quantitative estimate of drug-likeness (QED) is 0.386. The highest BCUT2D eigenvalue weighted by Gasteiger charge is 2.29. The van der Waals surface area contributed by atoms with Crippen LogP contribution in [-0.4, -0.2) is 37.5 Å². The van der Waals surface area contributed by atoms with Crippen LogP contribution < -0.4 is 14.4 Å². The van der Waals surface area contributed by atoms with Gasteiger partial charge in [-0.25, -0.2) is 13.4 Å². The van der Waals surface area contributed by atoms with Crippen molar-refractivity contribution in [3.63, 3.8) is 0 Å². The molecule has 4 rings (SSSR count). The van der Waals surface area contributed by atoms with Crippen molar-refractivity contribution >= 4 is 21.6 Å². The third-order valence-electron chi connectivity index (χ3n) is 5.48. The standard InChI is InChI=1S/C26H26N4O4S/c1-20-7-13-23(14-8-20)35(32,33)30(24-5-3-4-6-25(24)34-2)18-26(31)28-17-21-9-11-22(12-10-21)29-16-15-27-19-29/h3-16,19H,17-18H2,1-2H3,(H,28,31). The van der Waals surface area contributed by atoms with E-state index in [4.69, 9.17) is 4.74 Å². The van der Waals surface area contributed by atoms with E-state index < -0.39 is 22.5 Å². The van der Waals surface area contributed by atoms with Crippen LogP contribution in [0.25, 0.3) is 5.69 Å². The monoisotopic (exact) mass is 490 g/mol. The maximum atomic E-state index is 13.6. The zero-order valence-corrected chi connectivity index (χ0v) is 20.3. The number of hydrogen-bond acceptors (Lipinski definition) is 5. The lowest BCUT2D eigenvalue weighted by Gasteiger charge is -2.25. The molecule has 0 aliphatic rings. The number of anilines is 1. The number of sulfonamides is 1. The minimum Gasteiger partial charge on any atom is -0.495 e. The zero-order valence-electron chi connectivity index (χ0n) is 19.5. The van der Waals surface area contributed by atoms with Gasteiger partial charge < -0.3 is 14.6 Å². The van der Waals surface area contributed by atoms with Crippen LogP contribution in [0.5, 0.6) is 5.75 Å². The predicted molar refractivity (Wildman–Crippen MR) is 134 cm³/mol. The van der Waals surface area contributed by atoms with Crippen molar-refractivity contribution in [3.8, 4) is 11.4 Å². The van der Waals surface area contributed by atoms with E-state index in [-0.39, 0.29) is 17.1 Å². The molecule has 0 fully saturated rings. The fourth-order valence-electron chi connectivity index (χ4n) is 3.56.